The zero-order chi connectivity index (χ0) is 15.4. The Bertz CT molecular complexity index is 591. The number of hydrogen-bond acceptors (Lipinski definition) is 2. The van der Waals surface area contributed by atoms with Gasteiger partial charge >= 0.3 is 12.0 Å². The molecule has 0 radical (unpaired) electrons. The Hall–Kier alpha value is -2.48. The van der Waals surface area contributed by atoms with Gasteiger partial charge in [-0.3, -0.25) is 9.69 Å². The summed E-state index contributed by atoms with van der Waals surface area (Å²) in [5.41, 5.74) is 1.35. The molecule has 110 valence electrons. The number of aliphatic carboxylic acids is 1. The maximum atomic E-state index is 12.6. The molecule has 0 bridgehead atoms. The van der Waals surface area contributed by atoms with E-state index in [0.717, 1.165) is 0 Å². The summed E-state index contributed by atoms with van der Waals surface area (Å²) >= 11 is 0. The number of benzene rings is 1. The van der Waals surface area contributed by atoms with E-state index in [-0.39, 0.29) is 12.6 Å². The van der Waals surface area contributed by atoms with E-state index in [0.29, 0.717) is 30.8 Å². The van der Waals surface area contributed by atoms with Crippen molar-refractivity contribution < 1.29 is 14.7 Å². The van der Waals surface area contributed by atoms with Crippen molar-refractivity contribution in [2.75, 3.05) is 24.5 Å². The van der Waals surface area contributed by atoms with E-state index in [4.69, 9.17) is 6.42 Å². The zero-order valence-corrected chi connectivity index (χ0v) is 12.0. The highest BCUT2D eigenvalue weighted by molar-refractivity contribution is 5.95. The lowest BCUT2D eigenvalue weighted by atomic mass is 9.90. The van der Waals surface area contributed by atoms with E-state index in [1.165, 1.54) is 0 Å². The molecule has 1 heterocycles. The Labute approximate surface area is 124 Å². The van der Waals surface area contributed by atoms with Gasteiger partial charge in [0, 0.05) is 18.8 Å². The van der Waals surface area contributed by atoms with Gasteiger partial charge in [0.05, 0.1) is 12.5 Å². The SMILES string of the molecule is C#CCN(CC)C(=O)N1CCC(C(=O)O)c2ccccc21. The van der Waals surface area contributed by atoms with Crippen LogP contribution in [0.3, 0.4) is 0 Å². The fourth-order valence-electron chi connectivity index (χ4n) is 2.61. The van der Waals surface area contributed by atoms with Crippen molar-refractivity contribution >= 4 is 17.7 Å². The molecule has 21 heavy (non-hydrogen) atoms. The number of fused-ring (bicyclic) bond motifs is 1. The van der Waals surface area contributed by atoms with Gasteiger partial charge in [-0.1, -0.05) is 24.1 Å². The number of nitrogens with zero attached hydrogens (tertiary/aromatic N) is 2. The number of anilines is 1. The van der Waals surface area contributed by atoms with Crippen LogP contribution in [0.4, 0.5) is 10.5 Å². The predicted molar refractivity (Wildman–Crippen MR) is 80.3 cm³/mol. The van der Waals surface area contributed by atoms with Gasteiger partial charge in [0.15, 0.2) is 0 Å². The van der Waals surface area contributed by atoms with Crippen LogP contribution in [0, 0.1) is 12.3 Å². The molecule has 0 saturated heterocycles. The molecule has 0 fully saturated rings. The number of carbonyl (C=O) groups is 2. The fourth-order valence-corrected chi connectivity index (χ4v) is 2.61. The fraction of sp³-hybridized carbons (Fsp3) is 0.375. The molecule has 1 aliphatic heterocycles. The van der Waals surface area contributed by atoms with Crippen molar-refractivity contribution in [3.05, 3.63) is 29.8 Å². The number of hydrogen-bond donors (Lipinski definition) is 1. The molecule has 1 aliphatic rings. The lowest BCUT2D eigenvalue weighted by Crippen LogP contribution is -2.46. The maximum Gasteiger partial charge on any atom is 0.325 e. The highest BCUT2D eigenvalue weighted by atomic mass is 16.4. The summed E-state index contributed by atoms with van der Waals surface area (Å²) in [6, 6.07) is 6.98. The first-order chi connectivity index (χ1) is 10.1. The normalized spacial score (nSPS) is 16.8. The van der Waals surface area contributed by atoms with Gasteiger partial charge in [0.25, 0.3) is 0 Å². The Balaban J connectivity index is 2.35. The van der Waals surface area contributed by atoms with Gasteiger partial charge in [0.1, 0.15) is 0 Å². The lowest BCUT2D eigenvalue weighted by molar-refractivity contribution is -0.139. The minimum absolute atomic E-state index is 0.174. The molecular formula is C16H18N2O3. The van der Waals surface area contributed by atoms with Crippen LogP contribution in [0.25, 0.3) is 0 Å². The van der Waals surface area contributed by atoms with Crippen LogP contribution in [0.5, 0.6) is 0 Å². The van der Waals surface area contributed by atoms with Crippen molar-refractivity contribution in [3.63, 3.8) is 0 Å². The molecule has 0 aliphatic carbocycles. The monoisotopic (exact) mass is 286 g/mol. The Morgan fingerprint density at radius 3 is 2.81 bits per heavy atom. The number of carbonyl (C=O) groups excluding carboxylic acids is 1. The van der Waals surface area contributed by atoms with Crippen molar-refractivity contribution in [1.29, 1.82) is 0 Å². The van der Waals surface area contributed by atoms with Crippen molar-refractivity contribution in [2.45, 2.75) is 19.3 Å². The lowest BCUT2D eigenvalue weighted by Gasteiger charge is -2.35. The molecule has 2 rings (SSSR count). The quantitative estimate of drug-likeness (QED) is 0.866. The van der Waals surface area contributed by atoms with Crippen molar-refractivity contribution in [3.8, 4) is 12.3 Å². The summed E-state index contributed by atoms with van der Waals surface area (Å²) in [6.45, 7) is 3.01. The molecule has 1 N–H and O–H groups in total. The van der Waals surface area contributed by atoms with E-state index in [9.17, 15) is 14.7 Å². The predicted octanol–water partition coefficient (Wildman–Crippen LogP) is 2.14. The van der Waals surface area contributed by atoms with Gasteiger partial charge in [-0.25, -0.2) is 4.79 Å². The minimum atomic E-state index is -0.856. The van der Waals surface area contributed by atoms with E-state index in [2.05, 4.69) is 5.92 Å². The van der Waals surface area contributed by atoms with Gasteiger partial charge in [-0.15, -0.1) is 6.42 Å². The molecule has 1 unspecified atom stereocenters. The topological polar surface area (TPSA) is 60.9 Å². The Morgan fingerprint density at radius 2 is 2.19 bits per heavy atom. The Kier molecular flexibility index (Phi) is 4.49. The summed E-state index contributed by atoms with van der Waals surface area (Å²) in [6.07, 6.45) is 5.70. The third-order valence-electron chi connectivity index (χ3n) is 3.71. The van der Waals surface area contributed by atoms with E-state index in [1.54, 1.807) is 34.1 Å². The second kappa shape index (κ2) is 6.31. The van der Waals surface area contributed by atoms with Crippen LogP contribution in [0.15, 0.2) is 24.3 Å². The molecule has 0 saturated carbocycles. The summed E-state index contributed by atoms with van der Waals surface area (Å²) in [7, 11) is 0. The van der Waals surface area contributed by atoms with Crippen LogP contribution >= 0.6 is 0 Å². The maximum absolute atomic E-state index is 12.6. The summed E-state index contributed by atoms with van der Waals surface area (Å²) in [5.74, 6) is 1.06. The van der Waals surface area contributed by atoms with Crippen LogP contribution in [-0.4, -0.2) is 41.6 Å². The van der Waals surface area contributed by atoms with E-state index in [1.807, 2.05) is 6.92 Å². The average Bonchev–Trinajstić information content (AvgIpc) is 2.50. The highest BCUT2D eigenvalue weighted by Gasteiger charge is 2.33. The zero-order valence-electron chi connectivity index (χ0n) is 12.0. The standard InChI is InChI=1S/C16H18N2O3/c1-3-10-17(4-2)16(21)18-11-9-13(15(19)20)12-7-5-6-8-14(12)18/h1,5-8,13H,4,9-11H2,2H3,(H,19,20). The molecule has 1 atom stereocenters. The van der Waals surface area contributed by atoms with E-state index >= 15 is 0 Å². The molecule has 5 nitrogen and oxygen atoms in total. The summed E-state index contributed by atoms with van der Waals surface area (Å²) < 4.78 is 0. The van der Waals surface area contributed by atoms with Crippen LogP contribution in [0.1, 0.15) is 24.8 Å². The molecular weight excluding hydrogens is 268 g/mol. The van der Waals surface area contributed by atoms with Gasteiger partial charge in [-0.2, -0.15) is 0 Å². The molecule has 1 aromatic rings. The smallest absolute Gasteiger partial charge is 0.325 e. The molecule has 0 spiro atoms. The molecule has 0 aromatic heterocycles. The van der Waals surface area contributed by atoms with Crippen LogP contribution in [0.2, 0.25) is 0 Å². The first kappa shape index (κ1) is 14.9. The molecule has 1 aromatic carbocycles. The number of rotatable bonds is 3. The number of carboxylic acid groups (broad SMARTS) is 1. The van der Waals surface area contributed by atoms with E-state index < -0.39 is 11.9 Å². The number of amides is 2. The van der Waals surface area contributed by atoms with Crippen molar-refractivity contribution in [1.82, 2.24) is 4.90 Å². The third-order valence-corrected chi connectivity index (χ3v) is 3.71. The summed E-state index contributed by atoms with van der Waals surface area (Å²) in [5, 5.41) is 9.31. The number of carboxylic acids is 1. The molecule has 2 amide bonds. The van der Waals surface area contributed by atoms with Crippen LogP contribution < -0.4 is 4.90 Å². The third kappa shape index (κ3) is 2.84. The van der Waals surface area contributed by atoms with Crippen molar-refractivity contribution in [2.24, 2.45) is 0 Å². The van der Waals surface area contributed by atoms with Crippen LogP contribution in [-0.2, 0) is 4.79 Å². The second-order valence-electron chi connectivity index (χ2n) is 4.89. The first-order valence-corrected chi connectivity index (χ1v) is 6.91. The van der Waals surface area contributed by atoms with Gasteiger partial charge < -0.3 is 10.0 Å². The summed E-state index contributed by atoms with van der Waals surface area (Å²) in [4.78, 5) is 27.1. The Morgan fingerprint density at radius 1 is 1.48 bits per heavy atom. The second-order valence-corrected chi connectivity index (χ2v) is 4.89. The molecule has 5 heteroatoms. The van der Waals surface area contributed by atoms with Gasteiger partial charge in [-0.05, 0) is 25.0 Å². The minimum Gasteiger partial charge on any atom is -0.481 e. The highest BCUT2D eigenvalue weighted by Crippen LogP contribution is 2.35. The van der Waals surface area contributed by atoms with Gasteiger partial charge in [0.2, 0.25) is 0 Å². The number of para-hydroxylation sites is 1. The number of urea groups is 1. The number of terminal acetylenes is 1. The largest absolute Gasteiger partial charge is 0.481 e. The first-order valence-electron chi connectivity index (χ1n) is 6.91. The average molecular weight is 286 g/mol.